The molecule has 0 aliphatic carbocycles. The highest BCUT2D eigenvalue weighted by atomic mass is 32.2. The van der Waals surface area contributed by atoms with Crippen molar-refractivity contribution in [3.05, 3.63) is 76.5 Å². The monoisotopic (exact) mass is 350 g/mol. The molecular weight excluding hydrogens is 336 g/mol. The number of nitriles is 1. The first-order valence-electron chi connectivity index (χ1n) is 7.53. The predicted octanol–water partition coefficient (Wildman–Crippen LogP) is 4.12. The summed E-state index contributed by atoms with van der Waals surface area (Å²) >= 11 is 1.35. The molecule has 7 heteroatoms. The lowest BCUT2D eigenvalue weighted by Gasteiger charge is -2.11. The fourth-order valence-corrected chi connectivity index (χ4v) is 3.14. The normalized spacial score (nSPS) is 10.4. The molecule has 0 saturated carbocycles. The first-order chi connectivity index (χ1) is 12.2. The zero-order valence-electron chi connectivity index (χ0n) is 13.2. The van der Waals surface area contributed by atoms with E-state index in [2.05, 4.69) is 11.1 Å². The molecule has 0 amide bonds. The van der Waals surface area contributed by atoms with E-state index in [1.807, 2.05) is 41.0 Å². The molecule has 25 heavy (non-hydrogen) atoms. The molecule has 1 heterocycles. The smallest absolute Gasteiger partial charge is 0.270 e. The van der Waals surface area contributed by atoms with Crippen molar-refractivity contribution in [3.63, 3.8) is 0 Å². The van der Waals surface area contributed by atoms with Gasteiger partial charge in [0.1, 0.15) is 0 Å². The number of rotatable bonds is 6. The summed E-state index contributed by atoms with van der Waals surface area (Å²) in [5, 5.41) is 20.6. The van der Waals surface area contributed by atoms with E-state index < -0.39 is 4.92 Å². The molecule has 2 aromatic carbocycles. The quantitative estimate of drug-likeness (QED) is 0.379. The summed E-state index contributed by atoms with van der Waals surface area (Å²) in [5.74, 6) is 0.292. The lowest BCUT2D eigenvalue weighted by Crippen LogP contribution is -2.04. The molecule has 0 aliphatic rings. The van der Waals surface area contributed by atoms with Crippen LogP contribution in [0.3, 0.4) is 0 Å². The second kappa shape index (κ2) is 7.64. The second-order valence-electron chi connectivity index (χ2n) is 5.25. The van der Waals surface area contributed by atoms with Gasteiger partial charge >= 0.3 is 0 Å². The average Bonchev–Trinajstić information content (AvgIpc) is 3.03. The Bertz CT molecular complexity index is 932. The van der Waals surface area contributed by atoms with Crippen molar-refractivity contribution in [1.82, 2.24) is 9.55 Å². The number of nitro groups is 1. The molecule has 124 valence electrons. The number of hydrogen-bond acceptors (Lipinski definition) is 5. The fraction of sp³-hybridized carbons (Fsp3) is 0.111. The Balaban J connectivity index is 2.04. The van der Waals surface area contributed by atoms with Crippen molar-refractivity contribution in [2.45, 2.75) is 11.7 Å². The number of nitro benzene ring substituents is 1. The molecule has 1 aromatic heterocycles. The topological polar surface area (TPSA) is 84.8 Å². The average molecular weight is 350 g/mol. The van der Waals surface area contributed by atoms with Crippen molar-refractivity contribution >= 4 is 17.4 Å². The predicted molar refractivity (Wildman–Crippen MR) is 96.2 cm³/mol. The molecule has 0 fully saturated rings. The minimum atomic E-state index is -0.410. The van der Waals surface area contributed by atoms with E-state index in [1.165, 1.54) is 23.9 Å². The Labute approximate surface area is 148 Å². The molecule has 0 spiro atoms. The van der Waals surface area contributed by atoms with E-state index in [9.17, 15) is 10.1 Å². The molecule has 0 atom stereocenters. The molecule has 0 aliphatic heterocycles. The summed E-state index contributed by atoms with van der Waals surface area (Å²) in [5.41, 5.74) is 2.64. The molecule has 0 N–H and O–H groups in total. The number of benzene rings is 2. The second-order valence-corrected chi connectivity index (χ2v) is 6.19. The fourth-order valence-electron chi connectivity index (χ4n) is 2.50. The first kappa shape index (κ1) is 16.7. The standard InChI is InChI=1S/C18H14N4O2S/c19-9-10-25-18-20-12-17(15-7-4-8-16(11-15)22(23)24)21(18)13-14-5-2-1-3-6-14/h1-8,11-12H,10,13H2. The Morgan fingerprint density at radius 3 is 2.72 bits per heavy atom. The van der Waals surface area contributed by atoms with Crippen molar-refractivity contribution in [1.29, 1.82) is 5.26 Å². The molecule has 0 radical (unpaired) electrons. The van der Waals surface area contributed by atoms with Crippen molar-refractivity contribution < 1.29 is 4.92 Å². The molecule has 3 rings (SSSR count). The Morgan fingerprint density at radius 2 is 2.00 bits per heavy atom. The number of aromatic nitrogens is 2. The summed E-state index contributed by atoms with van der Waals surface area (Å²) in [4.78, 5) is 15.0. The third kappa shape index (κ3) is 3.87. The van der Waals surface area contributed by atoms with Crippen LogP contribution < -0.4 is 0 Å². The van der Waals surface area contributed by atoms with Gasteiger partial charge in [0.2, 0.25) is 0 Å². The van der Waals surface area contributed by atoms with Crippen LogP contribution in [-0.4, -0.2) is 20.2 Å². The maximum Gasteiger partial charge on any atom is 0.270 e. The van der Waals surface area contributed by atoms with Crippen molar-refractivity contribution in [2.24, 2.45) is 0 Å². The van der Waals surface area contributed by atoms with E-state index >= 15 is 0 Å². The van der Waals surface area contributed by atoms with Gasteiger partial charge in [-0.25, -0.2) is 4.98 Å². The highest BCUT2D eigenvalue weighted by molar-refractivity contribution is 7.99. The number of imidazole rings is 1. The third-order valence-electron chi connectivity index (χ3n) is 3.62. The van der Waals surface area contributed by atoms with Crippen LogP contribution in [0.1, 0.15) is 5.56 Å². The largest absolute Gasteiger partial charge is 0.314 e. The highest BCUT2D eigenvalue weighted by Crippen LogP contribution is 2.29. The molecule has 0 saturated heterocycles. The minimum Gasteiger partial charge on any atom is -0.314 e. The van der Waals surface area contributed by atoms with Gasteiger partial charge in [0.05, 0.1) is 35.2 Å². The summed E-state index contributed by atoms with van der Waals surface area (Å²) < 4.78 is 1.98. The maximum atomic E-state index is 11.0. The molecular formula is C18H14N4O2S. The Kier molecular flexibility index (Phi) is 5.11. The van der Waals surface area contributed by atoms with E-state index in [-0.39, 0.29) is 5.69 Å². The summed E-state index contributed by atoms with van der Waals surface area (Å²) in [6.45, 7) is 0.576. The summed E-state index contributed by atoms with van der Waals surface area (Å²) in [7, 11) is 0. The molecule has 6 nitrogen and oxygen atoms in total. The van der Waals surface area contributed by atoms with Crippen LogP contribution in [0.5, 0.6) is 0 Å². The number of nitrogens with zero attached hydrogens (tertiary/aromatic N) is 4. The minimum absolute atomic E-state index is 0.0381. The Hall–Kier alpha value is -3.11. The first-order valence-corrected chi connectivity index (χ1v) is 8.51. The van der Waals surface area contributed by atoms with E-state index in [4.69, 9.17) is 5.26 Å². The van der Waals surface area contributed by atoms with Gasteiger partial charge in [-0.05, 0) is 5.56 Å². The van der Waals surface area contributed by atoms with Crippen LogP contribution in [-0.2, 0) is 6.54 Å². The maximum absolute atomic E-state index is 11.0. The van der Waals surface area contributed by atoms with Gasteiger partial charge in [0.15, 0.2) is 5.16 Å². The summed E-state index contributed by atoms with van der Waals surface area (Å²) in [6.07, 6.45) is 1.70. The lowest BCUT2D eigenvalue weighted by molar-refractivity contribution is -0.384. The number of thioether (sulfide) groups is 1. The van der Waals surface area contributed by atoms with Crippen LogP contribution >= 0.6 is 11.8 Å². The molecule has 3 aromatic rings. The van der Waals surface area contributed by atoms with E-state index in [1.54, 1.807) is 12.3 Å². The van der Waals surface area contributed by atoms with Crippen LogP contribution in [0.2, 0.25) is 0 Å². The van der Waals surface area contributed by atoms with Gasteiger partial charge in [-0.3, -0.25) is 10.1 Å². The third-order valence-corrected chi connectivity index (χ3v) is 4.48. The van der Waals surface area contributed by atoms with Gasteiger partial charge < -0.3 is 4.57 Å². The Morgan fingerprint density at radius 1 is 1.20 bits per heavy atom. The molecule has 0 bridgehead atoms. The number of non-ortho nitro benzene ring substituents is 1. The van der Waals surface area contributed by atoms with Crippen molar-refractivity contribution in [2.75, 3.05) is 5.75 Å². The number of hydrogen-bond donors (Lipinski definition) is 0. The van der Waals surface area contributed by atoms with Gasteiger partial charge in [0, 0.05) is 17.7 Å². The van der Waals surface area contributed by atoms with Gasteiger partial charge in [-0.15, -0.1) is 0 Å². The van der Waals surface area contributed by atoms with Crippen molar-refractivity contribution in [3.8, 4) is 17.3 Å². The van der Waals surface area contributed by atoms with E-state index in [0.29, 0.717) is 17.5 Å². The zero-order chi connectivity index (χ0) is 17.6. The van der Waals surface area contributed by atoms with Gasteiger partial charge in [0.25, 0.3) is 5.69 Å². The van der Waals surface area contributed by atoms with Crippen LogP contribution in [0.4, 0.5) is 5.69 Å². The van der Waals surface area contributed by atoms with Crippen LogP contribution in [0.15, 0.2) is 66.0 Å². The van der Waals surface area contributed by atoms with Gasteiger partial charge in [-0.2, -0.15) is 5.26 Å². The SMILES string of the molecule is N#CCSc1ncc(-c2cccc([N+](=O)[O-])c2)n1Cc1ccccc1. The molecule has 0 unspecified atom stereocenters. The highest BCUT2D eigenvalue weighted by Gasteiger charge is 2.15. The van der Waals surface area contributed by atoms with Gasteiger partial charge in [-0.1, -0.05) is 54.2 Å². The van der Waals surface area contributed by atoms with Crippen LogP contribution in [0, 0.1) is 21.4 Å². The lowest BCUT2D eigenvalue weighted by atomic mass is 10.1. The summed E-state index contributed by atoms with van der Waals surface area (Å²) in [6, 6.07) is 18.5. The zero-order valence-corrected chi connectivity index (χ0v) is 14.0. The van der Waals surface area contributed by atoms with E-state index in [0.717, 1.165) is 16.8 Å². The van der Waals surface area contributed by atoms with Crippen LogP contribution in [0.25, 0.3) is 11.3 Å².